The van der Waals surface area contributed by atoms with Crippen LogP contribution in [0.3, 0.4) is 0 Å². The number of aryl methyl sites for hydroxylation is 3. The van der Waals surface area contributed by atoms with E-state index in [-0.39, 0.29) is 0 Å². The molecule has 0 saturated carbocycles. The Balaban J connectivity index is 2.07. The lowest BCUT2D eigenvalue weighted by atomic mass is 10.1. The largest absolute Gasteiger partial charge is 0.486 e. The summed E-state index contributed by atoms with van der Waals surface area (Å²) in [6.07, 6.45) is 1.67. The maximum absolute atomic E-state index is 5.67. The molecule has 16 heavy (non-hydrogen) atoms. The van der Waals surface area contributed by atoms with E-state index in [9.17, 15) is 0 Å². The Morgan fingerprint density at radius 3 is 2.44 bits per heavy atom. The summed E-state index contributed by atoms with van der Waals surface area (Å²) < 4.78 is 7.52. The van der Waals surface area contributed by atoms with E-state index in [0.29, 0.717) is 6.61 Å². The molecular weight excluding hydrogens is 202 g/mol. The molecule has 0 saturated heterocycles. The van der Waals surface area contributed by atoms with Crippen molar-refractivity contribution in [2.45, 2.75) is 20.5 Å². The highest BCUT2D eigenvalue weighted by Gasteiger charge is 2.02. The molecule has 84 valence electrons. The van der Waals surface area contributed by atoms with Crippen LogP contribution in [0.15, 0.2) is 24.5 Å². The van der Waals surface area contributed by atoms with Gasteiger partial charge in [-0.05, 0) is 37.1 Å². The van der Waals surface area contributed by atoms with Gasteiger partial charge in [-0.1, -0.05) is 6.07 Å². The van der Waals surface area contributed by atoms with Crippen LogP contribution in [0.2, 0.25) is 0 Å². The average molecular weight is 217 g/mol. The van der Waals surface area contributed by atoms with Crippen LogP contribution in [0, 0.1) is 13.8 Å². The van der Waals surface area contributed by atoms with E-state index in [1.165, 1.54) is 11.1 Å². The third kappa shape index (κ3) is 2.39. The van der Waals surface area contributed by atoms with Crippen molar-refractivity contribution >= 4 is 0 Å². The van der Waals surface area contributed by atoms with Crippen molar-refractivity contribution in [2.75, 3.05) is 0 Å². The van der Waals surface area contributed by atoms with Crippen molar-refractivity contribution in [3.63, 3.8) is 0 Å². The van der Waals surface area contributed by atoms with Gasteiger partial charge in [0.1, 0.15) is 18.7 Å². The Labute approximate surface area is 94.9 Å². The quantitative estimate of drug-likeness (QED) is 0.789. The zero-order chi connectivity index (χ0) is 11.5. The molecular formula is C12H15N3O. The topological polar surface area (TPSA) is 39.9 Å². The molecule has 0 N–H and O–H groups in total. The Bertz CT molecular complexity index is 471. The second kappa shape index (κ2) is 4.35. The molecule has 1 aromatic heterocycles. The van der Waals surface area contributed by atoms with Crippen molar-refractivity contribution in [2.24, 2.45) is 7.05 Å². The second-order valence-electron chi connectivity index (χ2n) is 3.97. The van der Waals surface area contributed by atoms with Gasteiger partial charge in [-0.25, -0.2) is 0 Å². The molecule has 0 bridgehead atoms. The van der Waals surface area contributed by atoms with Crippen molar-refractivity contribution < 1.29 is 4.74 Å². The van der Waals surface area contributed by atoms with Crippen LogP contribution in [-0.2, 0) is 13.7 Å². The first-order valence-electron chi connectivity index (χ1n) is 5.19. The molecule has 0 radical (unpaired) electrons. The highest BCUT2D eigenvalue weighted by molar-refractivity contribution is 5.32. The summed E-state index contributed by atoms with van der Waals surface area (Å²) in [5, 5.41) is 7.77. The molecule has 0 fully saturated rings. The predicted molar refractivity (Wildman–Crippen MR) is 61.3 cm³/mol. The molecule has 4 nitrogen and oxygen atoms in total. The van der Waals surface area contributed by atoms with Crippen molar-refractivity contribution in [1.29, 1.82) is 0 Å². The maximum Gasteiger partial charge on any atom is 0.170 e. The SMILES string of the molecule is Cc1cc(C)cc(OCc2nncn2C)c1. The van der Waals surface area contributed by atoms with Gasteiger partial charge in [0.05, 0.1) is 0 Å². The molecule has 0 atom stereocenters. The van der Waals surface area contributed by atoms with Crippen LogP contribution < -0.4 is 4.74 Å². The third-order valence-corrected chi connectivity index (χ3v) is 2.37. The van der Waals surface area contributed by atoms with Crippen LogP contribution in [0.4, 0.5) is 0 Å². The van der Waals surface area contributed by atoms with Gasteiger partial charge in [-0.15, -0.1) is 10.2 Å². The minimum Gasteiger partial charge on any atom is -0.486 e. The number of benzene rings is 1. The monoisotopic (exact) mass is 217 g/mol. The summed E-state index contributed by atoms with van der Waals surface area (Å²) in [5.74, 6) is 1.69. The molecule has 0 aliphatic heterocycles. The third-order valence-electron chi connectivity index (χ3n) is 2.37. The number of hydrogen-bond acceptors (Lipinski definition) is 3. The number of hydrogen-bond donors (Lipinski definition) is 0. The molecule has 0 spiro atoms. The fourth-order valence-electron chi connectivity index (χ4n) is 1.60. The fourth-order valence-corrected chi connectivity index (χ4v) is 1.60. The molecule has 0 amide bonds. The highest BCUT2D eigenvalue weighted by atomic mass is 16.5. The number of aromatic nitrogens is 3. The standard InChI is InChI=1S/C12H15N3O/c1-9-4-10(2)6-11(5-9)16-7-12-14-13-8-15(12)3/h4-6,8H,7H2,1-3H3. The maximum atomic E-state index is 5.67. The van der Waals surface area contributed by atoms with E-state index in [1.54, 1.807) is 6.33 Å². The Morgan fingerprint density at radius 1 is 1.19 bits per heavy atom. The summed E-state index contributed by atoms with van der Waals surface area (Å²) in [4.78, 5) is 0. The normalized spacial score (nSPS) is 10.4. The molecule has 2 rings (SSSR count). The minimum atomic E-state index is 0.444. The van der Waals surface area contributed by atoms with E-state index in [4.69, 9.17) is 4.74 Å². The zero-order valence-corrected chi connectivity index (χ0v) is 9.77. The molecule has 0 unspecified atom stereocenters. The van der Waals surface area contributed by atoms with E-state index in [1.807, 2.05) is 23.7 Å². The first-order valence-corrected chi connectivity index (χ1v) is 5.19. The highest BCUT2D eigenvalue weighted by Crippen LogP contribution is 2.17. The van der Waals surface area contributed by atoms with Crippen LogP contribution in [0.5, 0.6) is 5.75 Å². The smallest absolute Gasteiger partial charge is 0.170 e. The summed E-state index contributed by atoms with van der Waals surface area (Å²) in [6, 6.07) is 6.15. The van der Waals surface area contributed by atoms with Gasteiger partial charge in [0, 0.05) is 7.05 Å². The fraction of sp³-hybridized carbons (Fsp3) is 0.333. The van der Waals surface area contributed by atoms with E-state index >= 15 is 0 Å². The number of nitrogens with zero attached hydrogens (tertiary/aromatic N) is 3. The molecule has 4 heteroatoms. The van der Waals surface area contributed by atoms with Gasteiger partial charge in [0.25, 0.3) is 0 Å². The Morgan fingerprint density at radius 2 is 1.88 bits per heavy atom. The van der Waals surface area contributed by atoms with E-state index in [0.717, 1.165) is 11.6 Å². The molecule has 2 aromatic rings. The first-order chi connectivity index (χ1) is 7.65. The van der Waals surface area contributed by atoms with Gasteiger partial charge in [-0.2, -0.15) is 0 Å². The predicted octanol–water partition coefficient (Wildman–Crippen LogP) is 2.01. The lowest BCUT2D eigenvalue weighted by Gasteiger charge is -2.07. The number of ether oxygens (including phenoxy) is 1. The van der Waals surface area contributed by atoms with Crippen molar-refractivity contribution in [1.82, 2.24) is 14.8 Å². The van der Waals surface area contributed by atoms with Gasteiger partial charge in [0.2, 0.25) is 0 Å². The zero-order valence-electron chi connectivity index (χ0n) is 9.77. The lowest BCUT2D eigenvalue weighted by molar-refractivity contribution is 0.291. The number of rotatable bonds is 3. The first kappa shape index (κ1) is 10.7. The van der Waals surface area contributed by atoms with E-state index < -0.39 is 0 Å². The summed E-state index contributed by atoms with van der Waals surface area (Å²) in [6.45, 7) is 4.56. The minimum absolute atomic E-state index is 0.444. The Kier molecular flexibility index (Phi) is 2.90. The average Bonchev–Trinajstić information content (AvgIpc) is 2.59. The van der Waals surface area contributed by atoms with Gasteiger partial charge >= 0.3 is 0 Å². The van der Waals surface area contributed by atoms with Crippen LogP contribution in [-0.4, -0.2) is 14.8 Å². The van der Waals surface area contributed by atoms with Crippen LogP contribution in [0.25, 0.3) is 0 Å². The van der Waals surface area contributed by atoms with E-state index in [2.05, 4.69) is 30.1 Å². The molecule has 1 heterocycles. The Hall–Kier alpha value is -1.84. The van der Waals surface area contributed by atoms with Gasteiger partial charge < -0.3 is 9.30 Å². The van der Waals surface area contributed by atoms with Crippen LogP contribution >= 0.6 is 0 Å². The summed E-state index contributed by atoms with van der Waals surface area (Å²) >= 11 is 0. The van der Waals surface area contributed by atoms with Gasteiger partial charge in [-0.3, -0.25) is 0 Å². The summed E-state index contributed by atoms with van der Waals surface area (Å²) in [7, 11) is 1.90. The van der Waals surface area contributed by atoms with Crippen molar-refractivity contribution in [3.8, 4) is 5.75 Å². The summed E-state index contributed by atoms with van der Waals surface area (Å²) in [5.41, 5.74) is 2.40. The van der Waals surface area contributed by atoms with Crippen LogP contribution in [0.1, 0.15) is 17.0 Å². The lowest BCUT2D eigenvalue weighted by Crippen LogP contribution is -2.03. The van der Waals surface area contributed by atoms with Gasteiger partial charge in [0.15, 0.2) is 5.82 Å². The van der Waals surface area contributed by atoms with Crippen molar-refractivity contribution in [3.05, 3.63) is 41.5 Å². The molecule has 0 aliphatic carbocycles. The molecule has 1 aromatic carbocycles. The second-order valence-corrected chi connectivity index (χ2v) is 3.97. The molecule has 0 aliphatic rings.